The van der Waals surface area contributed by atoms with Crippen molar-refractivity contribution in [3.63, 3.8) is 0 Å². The van der Waals surface area contributed by atoms with E-state index < -0.39 is 11.5 Å². The number of aromatic nitrogens is 3. The second-order valence-electron chi connectivity index (χ2n) is 5.62. The largest absolute Gasteiger partial charge is 0.378 e. The molecule has 0 unspecified atom stereocenters. The van der Waals surface area contributed by atoms with E-state index in [-0.39, 0.29) is 5.56 Å². The van der Waals surface area contributed by atoms with E-state index >= 15 is 0 Å². The van der Waals surface area contributed by atoms with Crippen LogP contribution < -0.4 is 15.8 Å². The van der Waals surface area contributed by atoms with Crippen molar-refractivity contribution in [2.24, 2.45) is 0 Å². The van der Waals surface area contributed by atoms with Gasteiger partial charge in [0.1, 0.15) is 5.56 Å². The Kier molecular flexibility index (Phi) is 4.58. The van der Waals surface area contributed by atoms with E-state index in [4.69, 9.17) is 16.3 Å². The molecule has 26 heavy (non-hydrogen) atoms. The Hall–Kier alpha value is -2.49. The van der Waals surface area contributed by atoms with Gasteiger partial charge in [0.05, 0.1) is 13.2 Å². The van der Waals surface area contributed by atoms with Crippen LogP contribution in [0.2, 0.25) is 5.02 Å². The molecule has 0 spiro atoms. The van der Waals surface area contributed by atoms with Crippen molar-refractivity contribution in [1.82, 2.24) is 14.6 Å². The average molecular weight is 392 g/mol. The number of rotatable bonds is 3. The number of benzene rings is 1. The SMILES string of the molecule is O=C(Nc1ccc(Cl)cc1)c1cnc2sc(N3CCOCC3)nn2c1=O. The second-order valence-corrected chi connectivity index (χ2v) is 6.99. The Bertz CT molecular complexity index is 1010. The summed E-state index contributed by atoms with van der Waals surface area (Å²) in [7, 11) is 0. The summed E-state index contributed by atoms with van der Waals surface area (Å²) in [5.41, 5.74) is -0.0373. The van der Waals surface area contributed by atoms with Gasteiger partial charge in [-0.1, -0.05) is 22.9 Å². The number of ether oxygens (including phenoxy) is 1. The minimum Gasteiger partial charge on any atom is -0.378 e. The minimum absolute atomic E-state index is 0.0729. The van der Waals surface area contributed by atoms with Crippen LogP contribution in [0.1, 0.15) is 10.4 Å². The second kappa shape index (κ2) is 7.02. The predicted molar refractivity (Wildman–Crippen MR) is 99.6 cm³/mol. The molecule has 1 amide bonds. The molecule has 0 bridgehead atoms. The maximum atomic E-state index is 12.7. The molecule has 1 N–H and O–H groups in total. The molecule has 0 saturated carbocycles. The van der Waals surface area contributed by atoms with E-state index in [1.165, 1.54) is 22.0 Å². The lowest BCUT2D eigenvalue weighted by atomic mass is 10.2. The van der Waals surface area contributed by atoms with Crippen LogP contribution in [0.25, 0.3) is 4.96 Å². The van der Waals surface area contributed by atoms with Crippen LogP contribution in [0, 0.1) is 0 Å². The molecule has 4 rings (SSSR count). The van der Waals surface area contributed by atoms with Crippen molar-refractivity contribution < 1.29 is 9.53 Å². The van der Waals surface area contributed by atoms with E-state index in [1.807, 2.05) is 4.90 Å². The lowest BCUT2D eigenvalue weighted by molar-refractivity contribution is 0.102. The highest BCUT2D eigenvalue weighted by molar-refractivity contribution is 7.20. The van der Waals surface area contributed by atoms with Gasteiger partial charge in [0.25, 0.3) is 11.5 Å². The number of fused-ring (bicyclic) bond motifs is 1. The van der Waals surface area contributed by atoms with Crippen molar-refractivity contribution in [3.05, 3.63) is 51.4 Å². The number of carbonyl (C=O) groups excluding carboxylic acids is 1. The van der Waals surface area contributed by atoms with Gasteiger partial charge in [-0.25, -0.2) is 4.98 Å². The number of nitrogens with zero attached hydrogens (tertiary/aromatic N) is 4. The van der Waals surface area contributed by atoms with Crippen molar-refractivity contribution >= 4 is 44.6 Å². The van der Waals surface area contributed by atoms with Crippen LogP contribution >= 0.6 is 22.9 Å². The number of hydrogen-bond donors (Lipinski definition) is 1. The zero-order chi connectivity index (χ0) is 18.1. The number of carbonyl (C=O) groups is 1. The van der Waals surface area contributed by atoms with Gasteiger partial charge in [-0.15, -0.1) is 5.10 Å². The zero-order valence-electron chi connectivity index (χ0n) is 13.5. The molecule has 1 aliphatic heterocycles. The highest BCUT2D eigenvalue weighted by atomic mass is 35.5. The number of amides is 1. The van der Waals surface area contributed by atoms with Gasteiger partial charge in [0.15, 0.2) is 0 Å². The van der Waals surface area contributed by atoms with Crippen molar-refractivity contribution in [1.29, 1.82) is 0 Å². The number of anilines is 2. The number of halogens is 1. The lowest BCUT2D eigenvalue weighted by Crippen LogP contribution is -2.36. The molecule has 10 heteroatoms. The predicted octanol–water partition coefficient (Wildman–Crippen LogP) is 1.89. The van der Waals surface area contributed by atoms with Gasteiger partial charge in [-0.3, -0.25) is 9.59 Å². The molecule has 1 aliphatic rings. The Morgan fingerprint density at radius 1 is 1.23 bits per heavy atom. The monoisotopic (exact) mass is 391 g/mol. The van der Waals surface area contributed by atoms with Gasteiger partial charge >= 0.3 is 0 Å². The number of morpholine rings is 1. The summed E-state index contributed by atoms with van der Waals surface area (Å²) in [6.07, 6.45) is 1.28. The van der Waals surface area contributed by atoms with Gasteiger partial charge in [-0.2, -0.15) is 4.52 Å². The van der Waals surface area contributed by atoms with Crippen LogP contribution in [0.5, 0.6) is 0 Å². The molecule has 1 aromatic carbocycles. The first-order valence-electron chi connectivity index (χ1n) is 7.90. The summed E-state index contributed by atoms with van der Waals surface area (Å²) in [5, 5.41) is 8.24. The summed E-state index contributed by atoms with van der Waals surface area (Å²) >= 11 is 7.14. The van der Waals surface area contributed by atoms with Crippen LogP contribution in [-0.2, 0) is 4.74 Å². The molecule has 3 heterocycles. The summed E-state index contributed by atoms with van der Waals surface area (Å²) in [6.45, 7) is 2.65. The third-order valence-corrected chi connectivity index (χ3v) is 5.14. The van der Waals surface area contributed by atoms with E-state index in [0.29, 0.717) is 47.1 Å². The highest BCUT2D eigenvalue weighted by Gasteiger charge is 2.20. The normalized spacial score (nSPS) is 14.6. The van der Waals surface area contributed by atoms with Crippen molar-refractivity contribution in [3.8, 4) is 0 Å². The Balaban J connectivity index is 1.63. The quantitative estimate of drug-likeness (QED) is 0.733. The third-order valence-electron chi connectivity index (χ3n) is 3.90. The number of hydrogen-bond acceptors (Lipinski definition) is 7. The fourth-order valence-corrected chi connectivity index (χ4v) is 3.58. The van der Waals surface area contributed by atoms with Gasteiger partial charge < -0.3 is 15.0 Å². The molecular weight excluding hydrogens is 378 g/mol. The molecule has 8 nitrogen and oxygen atoms in total. The summed E-state index contributed by atoms with van der Waals surface area (Å²) in [5.74, 6) is -0.542. The standard InChI is InChI=1S/C16H14ClN5O3S/c17-10-1-3-11(4-2-10)19-13(23)12-9-18-15-22(14(12)24)20-16(26-15)21-5-7-25-8-6-21/h1-4,9H,5-8H2,(H,19,23). The fourth-order valence-electron chi connectivity index (χ4n) is 2.55. The molecule has 0 atom stereocenters. The summed E-state index contributed by atoms with van der Waals surface area (Å²) < 4.78 is 6.50. The summed E-state index contributed by atoms with van der Waals surface area (Å²) in [6, 6.07) is 6.62. The molecule has 134 valence electrons. The van der Waals surface area contributed by atoms with E-state index in [9.17, 15) is 9.59 Å². The lowest BCUT2D eigenvalue weighted by Gasteiger charge is -2.25. The third kappa shape index (κ3) is 3.28. The maximum Gasteiger partial charge on any atom is 0.288 e. The molecule has 0 aliphatic carbocycles. The zero-order valence-corrected chi connectivity index (χ0v) is 15.1. The van der Waals surface area contributed by atoms with Crippen LogP contribution in [0.3, 0.4) is 0 Å². The Labute approximate surface area is 157 Å². The van der Waals surface area contributed by atoms with Crippen molar-refractivity contribution in [2.45, 2.75) is 0 Å². The molecule has 3 aromatic rings. The Morgan fingerprint density at radius 3 is 2.69 bits per heavy atom. The molecule has 2 aromatic heterocycles. The van der Waals surface area contributed by atoms with Gasteiger partial charge in [0.2, 0.25) is 10.1 Å². The van der Waals surface area contributed by atoms with Crippen LogP contribution in [0.15, 0.2) is 35.3 Å². The first-order chi connectivity index (χ1) is 12.6. The minimum atomic E-state index is -0.542. The van der Waals surface area contributed by atoms with Gasteiger partial charge in [0, 0.05) is 30.0 Å². The molecule has 0 radical (unpaired) electrons. The van der Waals surface area contributed by atoms with Crippen LogP contribution in [-0.4, -0.2) is 46.8 Å². The number of nitrogens with one attached hydrogen (secondary N) is 1. The first kappa shape index (κ1) is 17.0. The summed E-state index contributed by atoms with van der Waals surface area (Å²) in [4.78, 5) is 31.8. The fraction of sp³-hybridized carbons (Fsp3) is 0.250. The van der Waals surface area contributed by atoms with E-state index in [2.05, 4.69) is 15.4 Å². The van der Waals surface area contributed by atoms with E-state index in [1.54, 1.807) is 24.3 Å². The topological polar surface area (TPSA) is 88.8 Å². The van der Waals surface area contributed by atoms with E-state index in [0.717, 1.165) is 0 Å². The van der Waals surface area contributed by atoms with Gasteiger partial charge in [-0.05, 0) is 24.3 Å². The average Bonchev–Trinajstić information content (AvgIpc) is 3.10. The first-order valence-corrected chi connectivity index (χ1v) is 9.10. The molecular formula is C16H14ClN5O3S. The molecule has 1 fully saturated rings. The Morgan fingerprint density at radius 2 is 1.96 bits per heavy atom. The van der Waals surface area contributed by atoms with Crippen LogP contribution in [0.4, 0.5) is 10.8 Å². The maximum absolute atomic E-state index is 12.7. The molecule has 1 saturated heterocycles. The smallest absolute Gasteiger partial charge is 0.288 e. The highest BCUT2D eigenvalue weighted by Crippen LogP contribution is 2.22. The van der Waals surface area contributed by atoms with Crippen molar-refractivity contribution in [2.75, 3.05) is 36.5 Å².